The zero-order valence-electron chi connectivity index (χ0n) is 28.1. The van der Waals surface area contributed by atoms with Gasteiger partial charge in [0.25, 0.3) is 0 Å². The summed E-state index contributed by atoms with van der Waals surface area (Å²) < 4.78 is 1.50. The first kappa shape index (κ1) is 34.6. The molecule has 5 rings (SSSR count). The summed E-state index contributed by atoms with van der Waals surface area (Å²) in [7, 11) is 5.54. The van der Waals surface area contributed by atoms with Crippen LogP contribution >= 0.6 is 0 Å². The molecule has 1 fully saturated rings. The molecule has 0 atom stereocenters. The monoisotopic (exact) mass is 658 g/mol. The molecule has 252 valence electrons. The van der Waals surface area contributed by atoms with E-state index in [0.717, 1.165) is 48.2 Å². The zero-order valence-corrected chi connectivity index (χ0v) is 28.1. The molecular weight excluding hydrogens is 616 g/mol. The van der Waals surface area contributed by atoms with E-state index in [1.54, 1.807) is 37.7 Å². The fraction of sp³-hybridized carbons (Fsp3) is 0.289. The molecule has 11 nitrogen and oxygen atoms in total. The fourth-order valence-corrected chi connectivity index (χ4v) is 5.91. The van der Waals surface area contributed by atoms with Gasteiger partial charge in [0.05, 0.1) is 12.3 Å². The van der Waals surface area contributed by atoms with Crippen molar-refractivity contribution in [1.29, 1.82) is 0 Å². The van der Waals surface area contributed by atoms with Gasteiger partial charge in [-0.3, -0.25) is 19.5 Å². The summed E-state index contributed by atoms with van der Waals surface area (Å²) in [4.78, 5) is 50.9. The number of urea groups is 1. The molecule has 3 N–H and O–H groups in total. The molecule has 0 radical (unpaired) electrons. The topological polar surface area (TPSA) is 116 Å². The maximum absolute atomic E-state index is 14.0. The highest BCUT2D eigenvalue weighted by atomic mass is 16.2. The lowest BCUT2D eigenvalue weighted by atomic mass is 9.89. The van der Waals surface area contributed by atoms with Crippen molar-refractivity contribution in [1.82, 2.24) is 19.8 Å². The lowest BCUT2D eigenvalue weighted by Gasteiger charge is -2.37. The van der Waals surface area contributed by atoms with Gasteiger partial charge in [-0.25, -0.2) is 9.64 Å². The molecule has 49 heavy (non-hydrogen) atoms. The van der Waals surface area contributed by atoms with Crippen LogP contribution in [-0.2, 0) is 18.4 Å². The maximum Gasteiger partial charge on any atom is 0.322 e. The summed E-state index contributed by atoms with van der Waals surface area (Å²) in [5, 5.41) is 9.62. The summed E-state index contributed by atoms with van der Waals surface area (Å²) >= 11 is 0. The lowest BCUT2D eigenvalue weighted by molar-refractivity contribution is -0.111. The number of hydrogen-bond donors (Lipinski definition) is 3. The van der Waals surface area contributed by atoms with Crippen LogP contribution in [0.15, 0.2) is 102 Å². The predicted octanol–water partition coefficient (Wildman–Crippen LogP) is 6.19. The van der Waals surface area contributed by atoms with Crippen molar-refractivity contribution >= 4 is 34.8 Å². The molecule has 3 amide bonds. The Kier molecular flexibility index (Phi) is 11.6. The Balaban J connectivity index is 1.44. The third kappa shape index (κ3) is 9.43. The SMILES string of the molecule is [C-]#[N+]c1ccc(NC2CCC(N(C(=O)NCc3ccccc3)c3ccc(-c4ccc(=O)n(C)c4)c(NC(=O)/C=C/CN(C)C)c3)CC2)nc1. The van der Waals surface area contributed by atoms with Crippen molar-refractivity contribution in [3.63, 3.8) is 0 Å². The Morgan fingerprint density at radius 3 is 2.47 bits per heavy atom. The number of anilines is 3. The first-order chi connectivity index (χ1) is 23.7. The molecular formula is C38H42N8O3. The normalized spacial score (nSPS) is 15.8. The van der Waals surface area contributed by atoms with E-state index < -0.39 is 0 Å². The molecule has 0 spiro atoms. The summed E-state index contributed by atoms with van der Waals surface area (Å²) in [5.74, 6) is 0.428. The van der Waals surface area contributed by atoms with Gasteiger partial charge in [-0.15, -0.1) is 0 Å². The number of aromatic nitrogens is 2. The highest BCUT2D eigenvalue weighted by Gasteiger charge is 2.31. The van der Waals surface area contributed by atoms with Gasteiger partial charge >= 0.3 is 6.03 Å². The Bertz CT molecular complexity index is 1870. The van der Waals surface area contributed by atoms with E-state index in [9.17, 15) is 14.4 Å². The van der Waals surface area contributed by atoms with Crippen molar-refractivity contribution in [2.24, 2.45) is 7.05 Å². The molecule has 0 unspecified atom stereocenters. The molecule has 4 aromatic rings. The van der Waals surface area contributed by atoms with Crippen molar-refractivity contribution < 1.29 is 9.59 Å². The number of likely N-dealkylation sites (N-methyl/N-ethyl adjacent to an activating group) is 1. The summed E-state index contributed by atoms with van der Waals surface area (Å²) in [6.45, 7) is 8.14. The van der Waals surface area contributed by atoms with Crippen molar-refractivity contribution in [3.8, 4) is 11.1 Å². The second-order valence-electron chi connectivity index (χ2n) is 12.4. The third-order valence-corrected chi connectivity index (χ3v) is 8.47. The number of rotatable bonds is 11. The van der Waals surface area contributed by atoms with Gasteiger partial charge in [0, 0.05) is 73.6 Å². The number of carbonyl (C=O) groups excluding carboxylic acids is 2. The number of hydrogen-bond acceptors (Lipinski definition) is 6. The van der Waals surface area contributed by atoms with Crippen molar-refractivity contribution in [3.05, 3.63) is 125 Å². The third-order valence-electron chi connectivity index (χ3n) is 8.47. The Morgan fingerprint density at radius 2 is 1.80 bits per heavy atom. The minimum absolute atomic E-state index is 0.0989. The first-order valence-electron chi connectivity index (χ1n) is 16.3. The quantitative estimate of drug-likeness (QED) is 0.131. The molecule has 1 saturated carbocycles. The van der Waals surface area contributed by atoms with Gasteiger partial charge in [-0.1, -0.05) is 48.5 Å². The van der Waals surface area contributed by atoms with Crippen molar-refractivity contribution in [2.45, 2.75) is 44.3 Å². The lowest BCUT2D eigenvalue weighted by Crippen LogP contribution is -2.48. The second kappa shape index (κ2) is 16.4. The minimum Gasteiger partial charge on any atom is -0.367 e. The minimum atomic E-state index is -0.297. The van der Waals surface area contributed by atoms with E-state index in [1.807, 2.05) is 78.5 Å². The van der Waals surface area contributed by atoms with Crippen LogP contribution < -0.4 is 26.4 Å². The van der Waals surface area contributed by atoms with E-state index in [4.69, 9.17) is 6.57 Å². The van der Waals surface area contributed by atoms with Crippen LogP contribution in [0.1, 0.15) is 31.2 Å². The smallest absolute Gasteiger partial charge is 0.322 e. The highest BCUT2D eigenvalue weighted by molar-refractivity contribution is 6.03. The standard InChI is InChI=1S/C38H42N8O3/c1-39-30-15-20-35(40-25-30)42-29-13-16-31(17-14-29)46(38(49)41-24-27-9-6-5-7-10-27)32-18-19-33(28-12-21-37(48)45(4)26-28)34(23-32)43-36(47)11-8-22-44(2)3/h5-12,15,18-21,23,25-26,29,31H,13-14,16-17,22,24H2,2-4H3,(H,40,42)(H,41,49)(H,43,47)/b11-8+. The van der Waals surface area contributed by atoms with Gasteiger partial charge in [0.1, 0.15) is 5.82 Å². The van der Waals surface area contributed by atoms with E-state index in [-0.39, 0.29) is 29.6 Å². The van der Waals surface area contributed by atoms with Crippen LogP contribution in [0.5, 0.6) is 0 Å². The van der Waals surface area contributed by atoms with E-state index >= 15 is 0 Å². The van der Waals surface area contributed by atoms with Gasteiger partial charge in [-0.2, -0.15) is 0 Å². The largest absolute Gasteiger partial charge is 0.367 e. The number of pyridine rings is 2. The second-order valence-corrected chi connectivity index (χ2v) is 12.4. The average molecular weight is 659 g/mol. The van der Waals surface area contributed by atoms with E-state index in [0.29, 0.717) is 30.2 Å². The molecule has 0 saturated heterocycles. The van der Waals surface area contributed by atoms with Gasteiger partial charge in [0.2, 0.25) is 17.2 Å². The number of benzene rings is 2. The summed E-state index contributed by atoms with van der Waals surface area (Å²) in [6.07, 6.45) is 9.70. The Labute approximate surface area is 287 Å². The Morgan fingerprint density at radius 1 is 1.02 bits per heavy atom. The van der Waals surface area contributed by atoms with Gasteiger partial charge < -0.3 is 25.4 Å². The van der Waals surface area contributed by atoms with E-state index in [1.165, 1.54) is 16.7 Å². The number of amides is 3. The highest BCUT2D eigenvalue weighted by Crippen LogP contribution is 2.35. The fourth-order valence-electron chi connectivity index (χ4n) is 5.91. The van der Waals surface area contributed by atoms with Crippen LogP contribution in [0.3, 0.4) is 0 Å². The molecule has 2 heterocycles. The number of carbonyl (C=O) groups is 2. The Hall–Kier alpha value is -5.73. The summed E-state index contributed by atoms with van der Waals surface area (Å²) in [6, 6.07) is 22.0. The van der Waals surface area contributed by atoms with Crippen LogP contribution in [0.4, 0.5) is 27.7 Å². The van der Waals surface area contributed by atoms with Crippen LogP contribution in [0.25, 0.3) is 16.0 Å². The maximum atomic E-state index is 14.0. The number of nitrogens with one attached hydrogen (secondary N) is 3. The molecule has 1 aliphatic rings. The van der Waals surface area contributed by atoms with Gasteiger partial charge in [0.15, 0.2) is 0 Å². The molecule has 11 heteroatoms. The molecule has 2 aromatic heterocycles. The average Bonchev–Trinajstić information content (AvgIpc) is 3.10. The van der Waals surface area contributed by atoms with Crippen LogP contribution in [0.2, 0.25) is 0 Å². The van der Waals surface area contributed by atoms with Crippen LogP contribution in [0, 0.1) is 6.57 Å². The predicted molar refractivity (Wildman–Crippen MR) is 195 cm³/mol. The molecule has 2 aromatic carbocycles. The first-order valence-corrected chi connectivity index (χ1v) is 16.3. The molecule has 1 aliphatic carbocycles. The molecule has 0 aliphatic heterocycles. The van der Waals surface area contributed by atoms with Crippen LogP contribution in [-0.4, -0.2) is 59.1 Å². The van der Waals surface area contributed by atoms with E-state index in [2.05, 4.69) is 25.8 Å². The summed E-state index contributed by atoms with van der Waals surface area (Å²) in [5.41, 5.74) is 4.01. The number of aryl methyl sites for hydroxylation is 1. The van der Waals surface area contributed by atoms with Crippen molar-refractivity contribution in [2.75, 3.05) is 36.2 Å². The number of nitrogens with zero attached hydrogens (tertiary/aromatic N) is 5. The molecule has 0 bridgehead atoms. The zero-order chi connectivity index (χ0) is 34.8. The van der Waals surface area contributed by atoms with Gasteiger partial charge in [-0.05, 0) is 69.6 Å².